The molecule has 2 heteroatoms. The van der Waals surface area contributed by atoms with Crippen molar-refractivity contribution < 1.29 is 10.2 Å². The number of rotatable bonds is 8. The van der Waals surface area contributed by atoms with Crippen molar-refractivity contribution in [3.8, 4) is 0 Å². The summed E-state index contributed by atoms with van der Waals surface area (Å²) in [6.07, 6.45) is 19.0. The minimum atomic E-state index is 0.00199. The number of unbranched alkanes of at least 4 members (excludes halogenated alkanes) is 4. The van der Waals surface area contributed by atoms with Crippen LogP contribution in [0.15, 0.2) is 0 Å². The molecule has 21 heavy (non-hydrogen) atoms. The second-order valence-electron chi connectivity index (χ2n) is 7.69. The Morgan fingerprint density at radius 2 is 0.810 bits per heavy atom. The fourth-order valence-electron chi connectivity index (χ4n) is 4.26. The summed E-state index contributed by atoms with van der Waals surface area (Å²) in [6.45, 7) is 0. The van der Waals surface area contributed by atoms with E-state index in [9.17, 15) is 10.2 Å². The van der Waals surface area contributed by atoms with Crippen LogP contribution in [0.4, 0.5) is 0 Å². The Morgan fingerprint density at radius 3 is 1.19 bits per heavy atom. The first-order valence-electron chi connectivity index (χ1n) is 9.60. The van der Waals surface area contributed by atoms with E-state index in [1.165, 1.54) is 70.6 Å². The van der Waals surface area contributed by atoms with Crippen molar-refractivity contribution >= 4 is 0 Å². The molecule has 0 aromatic carbocycles. The Bertz CT molecular complexity index is 224. The monoisotopic (exact) mass is 296 g/mol. The zero-order chi connectivity index (χ0) is 14.9. The molecule has 0 radical (unpaired) electrons. The molecule has 2 aliphatic rings. The summed E-state index contributed by atoms with van der Waals surface area (Å²) in [5, 5.41) is 19.0. The molecule has 0 spiro atoms. The van der Waals surface area contributed by atoms with Crippen LogP contribution in [0.2, 0.25) is 0 Å². The molecule has 0 unspecified atom stereocenters. The second kappa shape index (κ2) is 9.84. The number of aliphatic hydroxyl groups excluding tert-OH is 2. The van der Waals surface area contributed by atoms with Crippen LogP contribution in [-0.2, 0) is 0 Å². The highest BCUT2D eigenvalue weighted by Gasteiger charge is 2.19. The van der Waals surface area contributed by atoms with Crippen LogP contribution in [0.5, 0.6) is 0 Å². The molecule has 2 saturated carbocycles. The molecule has 0 aromatic heterocycles. The SMILES string of the molecule is OC1CCC(CCCCCCCC2CCC(O)CC2)CC1. The van der Waals surface area contributed by atoms with Crippen molar-refractivity contribution in [2.75, 3.05) is 0 Å². The Kier molecular flexibility index (Phi) is 8.10. The molecule has 2 fully saturated rings. The fourth-order valence-corrected chi connectivity index (χ4v) is 4.26. The first kappa shape index (κ1) is 17.3. The van der Waals surface area contributed by atoms with E-state index < -0.39 is 0 Å². The van der Waals surface area contributed by atoms with Gasteiger partial charge in [-0.15, -0.1) is 0 Å². The summed E-state index contributed by atoms with van der Waals surface area (Å²) in [7, 11) is 0. The van der Waals surface area contributed by atoms with Gasteiger partial charge in [-0.25, -0.2) is 0 Å². The van der Waals surface area contributed by atoms with E-state index in [-0.39, 0.29) is 12.2 Å². The first-order valence-corrected chi connectivity index (χ1v) is 9.60. The Balaban J connectivity index is 1.37. The van der Waals surface area contributed by atoms with Crippen LogP contribution in [0, 0.1) is 11.8 Å². The molecule has 0 aliphatic heterocycles. The summed E-state index contributed by atoms with van der Waals surface area (Å²) >= 11 is 0. The molecule has 0 bridgehead atoms. The molecule has 2 rings (SSSR count). The van der Waals surface area contributed by atoms with Gasteiger partial charge in [-0.3, -0.25) is 0 Å². The summed E-state index contributed by atoms with van der Waals surface area (Å²) in [5.74, 6) is 1.81. The highest BCUT2D eigenvalue weighted by atomic mass is 16.3. The summed E-state index contributed by atoms with van der Waals surface area (Å²) in [4.78, 5) is 0. The van der Waals surface area contributed by atoms with Crippen molar-refractivity contribution in [1.82, 2.24) is 0 Å². The number of aliphatic hydroxyl groups is 2. The summed E-state index contributed by atoms with van der Waals surface area (Å²) in [6, 6.07) is 0. The maximum Gasteiger partial charge on any atom is 0.0540 e. The van der Waals surface area contributed by atoms with Gasteiger partial charge in [0.25, 0.3) is 0 Å². The van der Waals surface area contributed by atoms with E-state index in [0.29, 0.717) is 0 Å². The van der Waals surface area contributed by atoms with Crippen molar-refractivity contribution in [3.05, 3.63) is 0 Å². The van der Waals surface area contributed by atoms with Crippen LogP contribution < -0.4 is 0 Å². The van der Waals surface area contributed by atoms with Crippen molar-refractivity contribution in [1.29, 1.82) is 0 Å². The minimum Gasteiger partial charge on any atom is -0.393 e. The molecule has 2 aliphatic carbocycles. The van der Waals surface area contributed by atoms with Crippen molar-refractivity contribution in [3.63, 3.8) is 0 Å². The predicted molar refractivity (Wildman–Crippen MR) is 88.2 cm³/mol. The lowest BCUT2D eigenvalue weighted by Gasteiger charge is -2.25. The molecule has 2 N–H and O–H groups in total. The van der Waals surface area contributed by atoms with E-state index in [4.69, 9.17) is 0 Å². The zero-order valence-electron chi connectivity index (χ0n) is 13.8. The largest absolute Gasteiger partial charge is 0.393 e. The lowest BCUT2D eigenvalue weighted by Crippen LogP contribution is -2.18. The van der Waals surface area contributed by atoms with Gasteiger partial charge in [0.15, 0.2) is 0 Å². The van der Waals surface area contributed by atoms with Gasteiger partial charge in [0.1, 0.15) is 0 Å². The molecule has 2 nitrogen and oxygen atoms in total. The molecular formula is C19H36O2. The lowest BCUT2D eigenvalue weighted by atomic mass is 9.83. The van der Waals surface area contributed by atoms with Crippen LogP contribution in [0.1, 0.15) is 96.3 Å². The van der Waals surface area contributed by atoms with Crippen molar-refractivity contribution in [2.24, 2.45) is 11.8 Å². The van der Waals surface area contributed by atoms with Gasteiger partial charge in [0.05, 0.1) is 12.2 Å². The van der Waals surface area contributed by atoms with Crippen LogP contribution >= 0.6 is 0 Å². The topological polar surface area (TPSA) is 40.5 Å². The lowest BCUT2D eigenvalue weighted by molar-refractivity contribution is 0.105. The van der Waals surface area contributed by atoms with Gasteiger partial charge in [0, 0.05) is 0 Å². The third kappa shape index (κ3) is 7.15. The van der Waals surface area contributed by atoms with Crippen molar-refractivity contribution in [2.45, 2.75) is 109 Å². The number of hydrogen-bond acceptors (Lipinski definition) is 2. The van der Waals surface area contributed by atoms with E-state index >= 15 is 0 Å². The number of hydrogen-bond donors (Lipinski definition) is 2. The highest BCUT2D eigenvalue weighted by Crippen LogP contribution is 2.30. The average Bonchev–Trinajstić information content (AvgIpc) is 2.50. The Labute approximate surface area is 131 Å². The molecule has 0 amide bonds. The molecule has 0 atom stereocenters. The summed E-state index contributed by atoms with van der Waals surface area (Å²) < 4.78 is 0. The molecule has 0 saturated heterocycles. The van der Waals surface area contributed by atoms with Gasteiger partial charge >= 0.3 is 0 Å². The average molecular weight is 296 g/mol. The standard InChI is InChI=1S/C19H36O2/c20-18-12-8-16(9-13-18)6-4-2-1-3-5-7-17-10-14-19(21)15-11-17/h16-21H,1-15H2. The maximum absolute atomic E-state index is 9.50. The quantitative estimate of drug-likeness (QED) is 0.630. The zero-order valence-corrected chi connectivity index (χ0v) is 13.8. The van der Waals surface area contributed by atoms with Gasteiger partial charge in [0.2, 0.25) is 0 Å². The molecular weight excluding hydrogens is 260 g/mol. The molecule has 0 aromatic rings. The van der Waals surface area contributed by atoms with E-state index in [1.807, 2.05) is 0 Å². The van der Waals surface area contributed by atoms with Crippen LogP contribution in [0.3, 0.4) is 0 Å². The van der Waals surface area contributed by atoms with E-state index in [2.05, 4.69) is 0 Å². The minimum absolute atomic E-state index is 0.00199. The van der Waals surface area contributed by atoms with Crippen LogP contribution in [-0.4, -0.2) is 22.4 Å². The van der Waals surface area contributed by atoms with Crippen LogP contribution in [0.25, 0.3) is 0 Å². The van der Waals surface area contributed by atoms with Gasteiger partial charge in [-0.1, -0.05) is 44.9 Å². The van der Waals surface area contributed by atoms with E-state index in [1.54, 1.807) is 0 Å². The van der Waals surface area contributed by atoms with E-state index in [0.717, 1.165) is 37.5 Å². The smallest absolute Gasteiger partial charge is 0.0540 e. The second-order valence-corrected chi connectivity index (χ2v) is 7.69. The summed E-state index contributed by atoms with van der Waals surface area (Å²) in [5.41, 5.74) is 0. The third-order valence-corrected chi connectivity index (χ3v) is 5.86. The van der Waals surface area contributed by atoms with Gasteiger partial charge in [-0.05, 0) is 63.2 Å². The Hall–Kier alpha value is -0.0800. The third-order valence-electron chi connectivity index (χ3n) is 5.86. The Morgan fingerprint density at radius 1 is 0.476 bits per heavy atom. The maximum atomic E-state index is 9.50. The normalized spacial score (nSPS) is 34.0. The van der Waals surface area contributed by atoms with Gasteiger partial charge in [-0.2, -0.15) is 0 Å². The predicted octanol–water partition coefficient (Wildman–Crippen LogP) is 4.82. The molecule has 0 heterocycles. The molecule has 124 valence electrons. The van der Waals surface area contributed by atoms with Gasteiger partial charge < -0.3 is 10.2 Å². The highest BCUT2D eigenvalue weighted by molar-refractivity contribution is 4.72. The first-order chi connectivity index (χ1) is 10.2. The fraction of sp³-hybridized carbons (Fsp3) is 1.00.